The fourth-order valence-electron chi connectivity index (χ4n) is 3.66. The van der Waals surface area contributed by atoms with Gasteiger partial charge in [-0.1, -0.05) is 11.2 Å². The number of aliphatic hydroxyl groups is 1. The molecule has 0 aromatic carbocycles. The Morgan fingerprint density at radius 2 is 1.88 bits per heavy atom. The zero-order valence-corrected chi connectivity index (χ0v) is 18.5. The molecule has 0 radical (unpaired) electrons. The summed E-state index contributed by atoms with van der Waals surface area (Å²) in [5.41, 5.74) is 1.11. The van der Waals surface area contributed by atoms with Gasteiger partial charge in [-0.3, -0.25) is 4.79 Å². The number of likely N-dealkylation sites (N-methyl/N-ethyl adjacent to an activating group) is 1. The fraction of sp³-hybridized carbons (Fsp3) is 0.217. The molecule has 5 rings (SSSR count). The summed E-state index contributed by atoms with van der Waals surface area (Å²) in [5.74, 6) is 0.579. The Morgan fingerprint density at radius 1 is 1.09 bits per heavy atom. The zero-order valence-electron chi connectivity index (χ0n) is 18.5. The molecule has 1 aliphatic heterocycles. The molecule has 5 heterocycles. The quantitative estimate of drug-likeness (QED) is 0.442. The lowest BCUT2D eigenvalue weighted by Gasteiger charge is -2.16. The molecule has 4 aromatic heterocycles. The first kappa shape index (κ1) is 21.5. The minimum atomic E-state index is -1.71. The minimum Gasteiger partial charge on any atom is -0.481 e. The van der Waals surface area contributed by atoms with Crippen LogP contribution in [0.15, 0.2) is 59.4 Å². The number of nitrogens with one attached hydrogen (secondary N) is 1. The van der Waals surface area contributed by atoms with E-state index < -0.39 is 11.5 Å². The third-order valence-electron chi connectivity index (χ3n) is 5.56. The van der Waals surface area contributed by atoms with Gasteiger partial charge >= 0.3 is 0 Å². The maximum atomic E-state index is 12.3. The number of nitrogens with zero attached hydrogens (tertiary/aromatic N) is 6. The van der Waals surface area contributed by atoms with Crippen LogP contribution in [0.5, 0.6) is 5.88 Å². The smallest absolute Gasteiger partial charge is 0.262 e. The molecule has 2 N–H and O–H groups in total. The van der Waals surface area contributed by atoms with Crippen LogP contribution in [0.1, 0.15) is 12.2 Å². The van der Waals surface area contributed by atoms with Crippen LogP contribution in [0.4, 0.5) is 11.6 Å². The van der Waals surface area contributed by atoms with Crippen LogP contribution < -0.4 is 10.1 Å². The molecule has 1 atom stereocenters. The van der Waals surface area contributed by atoms with Gasteiger partial charge in [0.2, 0.25) is 17.4 Å². The van der Waals surface area contributed by atoms with Crippen molar-refractivity contribution in [3.63, 3.8) is 0 Å². The summed E-state index contributed by atoms with van der Waals surface area (Å²) in [6, 6.07) is 12.2. The number of hydrogen-bond donors (Lipinski definition) is 2. The lowest BCUT2D eigenvalue weighted by Crippen LogP contribution is -2.35. The van der Waals surface area contributed by atoms with Crippen LogP contribution in [0.2, 0.25) is 0 Å². The van der Waals surface area contributed by atoms with Crippen molar-refractivity contribution < 1.29 is 19.2 Å². The molecule has 1 aliphatic rings. The van der Waals surface area contributed by atoms with E-state index in [1.54, 1.807) is 50.8 Å². The number of carbonyl (C=O) groups excluding carboxylic acids is 1. The first-order valence-electron chi connectivity index (χ1n) is 10.5. The molecule has 0 spiro atoms. The topological polar surface area (TPSA) is 139 Å². The summed E-state index contributed by atoms with van der Waals surface area (Å²) in [5, 5.41) is 17.9. The number of hydrogen-bond acceptors (Lipinski definition) is 10. The van der Waals surface area contributed by atoms with Crippen molar-refractivity contribution in [1.82, 2.24) is 30.0 Å². The van der Waals surface area contributed by atoms with Gasteiger partial charge in [0.1, 0.15) is 5.69 Å². The van der Waals surface area contributed by atoms with Crippen molar-refractivity contribution in [3.8, 4) is 28.7 Å². The Bertz CT molecular complexity index is 1340. The number of pyridine rings is 2. The highest BCUT2D eigenvalue weighted by molar-refractivity contribution is 5.87. The molecule has 1 fully saturated rings. The summed E-state index contributed by atoms with van der Waals surface area (Å²) < 4.78 is 10.4. The van der Waals surface area contributed by atoms with Gasteiger partial charge in [0, 0.05) is 38.3 Å². The largest absolute Gasteiger partial charge is 0.481 e. The molecule has 0 unspecified atom stereocenters. The molecular weight excluding hydrogens is 438 g/mol. The number of likely N-dealkylation sites (tertiary alicyclic amines) is 1. The second-order valence-electron chi connectivity index (χ2n) is 7.80. The summed E-state index contributed by atoms with van der Waals surface area (Å²) in [7, 11) is 3.19. The Labute approximate surface area is 194 Å². The van der Waals surface area contributed by atoms with E-state index >= 15 is 0 Å². The van der Waals surface area contributed by atoms with Crippen LogP contribution in [-0.4, -0.2) is 61.7 Å². The van der Waals surface area contributed by atoms with E-state index in [4.69, 9.17) is 9.26 Å². The van der Waals surface area contributed by atoms with Gasteiger partial charge in [-0.15, -0.1) is 0 Å². The predicted molar refractivity (Wildman–Crippen MR) is 121 cm³/mol. The molecule has 172 valence electrons. The minimum absolute atomic E-state index is 0.102. The summed E-state index contributed by atoms with van der Waals surface area (Å²) in [4.78, 5) is 31.4. The van der Waals surface area contributed by atoms with E-state index in [0.29, 0.717) is 46.8 Å². The fourth-order valence-corrected chi connectivity index (χ4v) is 3.66. The Hall–Kier alpha value is -4.38. The molecule has 0 aliphatic carbocycles. The first-order valence-corrected chi connectivity index (χ1v) is 10.5. The summed E-state index contributed by atoms with van der Waals surface area (Å²) in [6.45, 7) is 0.440. The van der Waals surface area contributed by atoms with E-state index in [2.05, 4.69) is 30.4 Å². The van der Waals surface area contributed by atoms with Crippen LogP contribution in [0, 0.1) is 0 Å². The van der Waals surface area contributed by atoms with E-state index in [0.717, 1.165) is 0 Å². The highest BCUT2D eigenvalue weighted by atomic mass is 16.5. The van der Waals surface area contributed by atoms with Gasteiger partial charge < -0.3 is 24.6 Å². The molecule has 0 saturated carbocycles. The van der Waals surface area contributed by atoms with Crippen molar-refractivity contribution in [2.24, 2.45) is 0 Å². The van der Waals surface area contributed by atoms with Crippen molar-refractivity contribution in [1.29, 1.82) is 0 Å². The van der Waals surface area contributed by atoms with Gasteiger partial charge in [0.15, 0.2) is 5.76 Å². The molecule has 4 aromatic rings. The molecule has 34 heavy (non-hydrogen) atoms. The lowest BCUT2D eigenvalue weighted by atomic mass is 9.98. The van der Waals surface area contributed by atoms with Gasteiger partial charge in [-0.2, -0.15) is 0 Å². The standard InChI is InChI=1S/C23H21N7O4/c1-30-11-9-23(32,21(30)31)19-12-18(29-34-19)16-5-3-4-15(27-16)17-8-10-24-22(28-17)26-14-6-7-20(33-2)25-13-14/h3-8,10,12-13,32H,9,11H2,1-2H3,(H,24,26,28)/t23-/m1/s1. The lowest BCUT2D eigenvalue weighted by molar-refractivity contribution is -0.144. The monoisotopic (exact) mass is 459 g/mol. The predicted octanol–water partition coefficient (Wildman–Crippen LogP) is 2.39. The van der Waals surface area contributed by atoms with Crippen LogP contribution >= 0.6 is 0 Å². The second kappa shape index (κ2) is 8.52. The number of anilines is 2. The normalized spacial score (nSPS) is 17.7. The van der Waals surface area contributed by atoms with E-state index in [1.807, 2.05) is 18.2 Å². The summed E-state index contributed by atoms with van der Waals surface area (Å²) >= 11 is 0. The third-order valence-corrected chi connectivity index (χ3v) is 5.56. The van der Waals surface area contributed by atoms with Gasteiger partial charge in [-0.05, 0) is 24.3 Å². The number of amides is 1. The number of carbonyl (C=O) groups is 1. The van der Waals surface area contributed by atoms with Gasteiger partial charge in [0.25, 0.3) is 5.91 Å². The molecule has 11 nitrogen and oxygen atoms in total. The molecule has 0 bridgehead atoms. The Morgan fingerprint density at radius 3 is 2.59 bits per heavy atom. The highest BCUT2D eigenvalue weighted by Crippen LogP contribution is 2.34. The SMILES string of the molecule is COc1ccc(Nc2nccc(-c3cccc(-c4cc([C@]5(O)CCN(C)C5=O)on4)n3)n2)cn1. The average Bonchev–Trinajstić information content (AvgIpc) is 3.47. The number of aromatic nitrogens is 5. The Balaban J connectivity index is 1.39. The average molecular weight is 459 g/mol. The van der Waals surface area contributed by atoms with Crippen molar-refractivity contribution in [2.45, 2.75) is 12.0 Å². The first-order chi connectivity index (χ1) is 16.5. The summed E-state index contributed by atoms with van der Waals surface area (Å²) in [6.07, 6.45) is 3.49. The van der Waals surface area contributed by atoms with Crippen molar-refractivity contribution in [3.05, 3.63) is 60.6 Å². The zero-order chi connectivity index (χ0) is 23.7. The van der Waals surface area contributed by atoms with E-state index in [9.17, 15) is 9.90 Å². The maximum Gasteiger partial charge on any atom is 0.262 e. The third kappa shape index (κ3) is 3.92. The number of methoxy groups -OCH3 is 1. The second-order valence-corrected chi connectivity index (χ2v) is 7.80. The van der Waals surface area contributed by atoms with Crippen molar-refractivity contribution in [2.75, 3.05) is 26.0 Å². The van der Waals surface area contributed by atoms with E-state index in [1.165, 1.54) is 4.90 Å². The van der Waals surface area contributed by atoms with Crippen LogP contribution in [0.25, 0.3) is 22.8 Å². The van der Waals surface area contributed by atoms with Crippen molar-refractivity contribution >= 4 is 17.5 Å². The number of ether oxygens (including phenoxy) is 1. The van der Waals surface area contributed by atoms with Gasteiger partial charge in [-0.25, -0.2) is 19.9 Å². The number of rotatable bonds is 6. The molecular formula is C23H21N7O4. The van der Waals surface area contributed by atoms with Gasteiger partial charge in [0.05, 0.1) is 36.1 Å². The molecule has 1 amide bonds. The molecule has 11 heteroatoms. The van der Waals surface area contributed by atoms with E-state index in [-0.39, 0.29) is 12.2 Å². The van der Waals surface area contributed by atoms with Crippen LogP contribution in [-0.2, 0) is 10.4 Å². The highest BCUT2D eigenvalue weighted by Gasteiger charge is 2.48. The van der Waals surface area contributed by atoms with Crippen LogP contribution in [0.3, 0.4) is 0 Å². The maximum absolute atomic E-state index is 12.3. The molecule has 1 saturated heterocycles. The Kier molecular flexibility index (Phi) is 5.38.